The van der Waals surface area contributed by atoms with Crippen LogP contribution in [0.4, 0.5) is 13.2 Å². The van der Waals surface area contributed by atoms with E-state index in [1.807, 2.05) is 0 Å². The van der Waals surface area contributed by atoms with Crippen molar-refractivity contribution in [1.29, 1.82) is 0 Å². The topological polar surface area (TPSA) is 22.1 Å². The number of alkyl halides is 3. The zero-order valence-corrected chi connectivity index (χ0v) is 11.5. The minimum Gasteiger partial charge on any atom is -0.497 e. The molecule has 0 atom stereocenters. The Hall–Kier alpha value is -1.75. The molecule has 0 unspecified atom stereocenters. The summed E-state index contributed by atoms with van der Waals surface area (Å²) in [6.07, 6.45) is -4.46. The van der Waals surface area contributed by atoms with Crippen molar-refractivity contribution in [1.82, 2.24) is 4.98 Å². The van der Waals surface area contributed by atoms with Crippen molar-refractivity contribution in [2.45, 2.75) is 13.1 Å². The van der Waals surface area contributed by atoms with Gasteiger partial charge in [0.25, 0.3) is 0 Å². The smallest absolute Gasteiger partial charge is 0.416 e. The third-order valence-corrected chi connectivity index (χ3v) is 3.02. The molecule has 6 heteroatoms. The molecule has 2 aromatic rings. The lowest BCUT2D eigenvalue weighted by atomic mass is 10.0. The van der Waals surface area contributed by atoms with Gasteiger partial charge >= 0.3 is 6.18 Å². The van der Waals surface area contributed by atoms with Crippen LogP contribution in [0, 0.1) is 6.92 Å². The highest BCUT2D eigenvalue weighted by Crippen LogP contribution is 2.34. The van der Waals surface area contributed by atoms with Gasteiger partial charge in [0.2, 0.25) is 0 Å². The van der Waals surface area contributed by atoms with E-state index >= 15 is 0 Å². The Morgan fingerprint density at radius 1 is 1.15 bits per heavy atom. The maximum atomic E-state index is 12.8. The van der Waals surface area contributed by atoms with Gasteiger partial charge in [-0.15, -0.1) is 0 Å². The lowest BCUT2D eigenvalue weighted by Gasteiger charge is -2.11. The lowest BCUT2D eigenvalue weighted by molar-refractivity contribution is -0.137. The van der Waals surface area contributed by atoms with E-state index in [0.717, 1.165) is 17.7 Å². The Kier molecular flexibility index (Phi) is 3.90. The summed E-state index contributed by atoms with van der Waals surface area (Å²) in [4.78, 5) is 3.96. The number of rotatable bonds is 2. The zero-order valence-electron chi connectivity index (χ0n) is 10.8. The Balaban J connectivity index is 2.55. The number of halogens is 4. The standard InChI is InChI=1S/C14H11ClF3NO/c1-8-5-10(20-2)3-4-11(8)12-6-9(14(16,17)18)7-13(15)19-12/h3-7H,1-2H3. The fourth-order valence-electron chi connectivity index (χ4n) is 1.85. The molecule has 0 radical (unpaired) electrons. The van der Waals surface area contributed by atoms with Crippen molar-refractivity contribution in [3.8, 4) is 17.0 Å². The lowest BCUT2D eigenvalue weighted by Crippen LogP contribution is -2.06. The first-order valence-corrected chi connectivity index (χ1v) is 6.09. The molecule has 0 bridgehead atoms. The van der Waals surface area contributed by atoms with Crippen LogP contribution in [0.3, 0.4) is 0 Å². The molecular formula is C14H11ClF3NO. The van der Waals surface area contributed by atoms with Gasteiger partial charge in [-0.2, -0.15) is 13.2 Å². The predicted octanol–water partition coefficient (Wildman–Crippen LogP) is 4.74. The second-order valence-electron chi connectivity index (χ2n) is 4.24. The van der Waals surface area contributed by atoms with E-state index < -0.39 is 11.7 Å². The third-order valence-electron chi connectivity index (χ3n) is 2.83. The predicted molar refractivity (Wildman–Crippen MR) is 71.0 cm³/mol. The molecule has 0 saturated heterocycles. The second-order valence-corrected chi connectivity index (χ2v) is 4.63. The monoisotopic (exact) mass is 301 g/mol. The van der Waals surface area contributed by atoms with Crippen LogP contribution >= 0.6 is 11.6 Å². The first kappa shape index (κ1) is 14.7. The van der Waals surface area contributed by atoms with Crippen LogP contribution in [0.25, 0.3) is 11.3 Å². The van der Waals surface area contributed by atoms with Gasteiger partial charge < -0.3 is 4.74 Å². The quantitative estimate of drug-likeness (QED) is 0.748. The molecule has 0 aliphatic heterocycles. The summed E-state index contributed by atoms with van der Waals surface area (Å²) in [5.74, 6) is 0.629. The average molecular weight is 302 g/mol. The number of aromatic nitrogens is 1. The first-order valence-electron chi connectivity index (χ1n) is 5.71. The van der Waals surface area contributed by atoms with Gasteiger partial charge in [-0.1, -0.05) is 11.6 Å². The van der Waals surface area contributed by atoms with Crippen LogP contribution in [-0.4, -0.2) is 12.1 Å². The van der Waals surface area contributed by atoms with E-state index in [1.54, 1.807) is 25.1 Å². The minimum atomic E-state index is -4.46. The molecule has 0 spiro atoms. The molecule has 0 saturated carbocycles. The highest BCUT2D eigenvalue weighted by molar-refractivity contribution is 6.29. The van der Waals surface area contributed by atoms with E-state index in [2.05, 4.69) is 4.98 Å². The van der Waals surface area contributed by atoms with Crippen molar-refractivity contribution in [2.24, 2.45) is 0 Å². The summed E-state index contributed by atoms with van der Waals surface area (Å²) in [5, 5.41) is -0.190. The maximum absolute atomic E-state index is 12.8. The number of nitrogens with zero attached hydrogens (tertiary/aromatic N) is 1. The van der Waals surface area contributed by atoms with Crippen LogP contribution in [0.2, 0.25) is 5.15 Å². The molecule has 1 aromatic carbocycles. The van der Waals surface area contributed by atoms with Gasteiger partial charge in [-0.05, 0) is 42.8 Å². The number of ether oxygens (including phenoxy) is 1. The van der Waals surface area contributed by atoms with E-state index in [0.29, 0.717) is 11.3 Å². The molecule has 1 heterocycles. The summed E-state index contributed by atoms with van der Waals surface area (Å²) in [6, 6.07) is 6.85. The van der Waals surface area contributed by atoms with Crippen molar-refractivity contribution >= 4 is 11.6 Å². The fourth-order valence-corrected chi connectivity index (χ4v) is 2.06. The Morgan fingerprint density at radius 2 is 1.85 bits per heavy atom. The molecule has 0 fully saturated rings. The zero-order chi connectivity index (χ0) is 14.9. The largest absolute Gasteiger partial charge is 0.497 e. The van der Waals surface area contributed by atoms with Crippen LogP contribution in [0.5, 0.6) is 5.75 Å². The van der Waals surface area contributed by atoms with Crippen LogP contribution < -0.4 is 4.74 Å². The number of aryl methyl sites for hydroxylation is 1. The fraction of sp³-hybridized carbons (Fsp3) is 0.214. The summed E-state index contributed by atoms with van der Waals surface area (Å²) >= 11 is 5.68. The third kappa shape index (κ3) is 3.04. The maximum Gasteiger partial charge on any atom is 0.416 e. The molecule has 2 nitrogen and oxygen atoms in total. The van der Waals surface area contributed by atoms with E-state index in [9.17, 15) is 13.2 Å². The minimum absolute atomic E-state index is 0.185. The SMILES string of the molecule is COc1ccc(-c2cc(C(F)(F)F)cc(Cl)n2)c(C)c1. The van der Waals surface area contributed by atoms with E-state index in [-0.39, 0.29) is 10.8 Å². The van der Waals surface area contributed by atoms with Crippen molar-refractivity contribution in [3.05, 3.63) is 46.6 Å². The molecule has 2 rings (SSSR count). The van der Waals surface area contributed by atoms with Crippen LogP contribution in [0.15, 0.2) is 30.3 Å². The molecule has 1 aromatic heterocycles. The highest BCUT2D eigenvalue weighted by atomic mass is 35.5. The number of methoxy groups -OCH3 is 1. The number of hydrogen-bond donors (Lipinski definition) is 0. The second kappa shape index (κ2) is 5.32. The summed E-state index contributed by atoms with van der Waals surface area (Å²) in [6.45, 7) is 1.77. The molecule has 0 amide bonds. The van der Waals surface area contributed by atoms with Gasteiger partial charge in [0.05, 0.1) is 18.4 Å². The van der Waals surface area contributed by atoms with Gasteiger partial charge in [0.1, 0.15) is 10.9 Å². The highest BCUT2D eigenvalue weighted by Gasteiger charge is 2.31. The average Bonchev–Trinajstić information content (AvgIpc) is 2.36. The molecule has 0 aliphatic rings. The van der Waals surface area contributed by atoms with Crippen molar-refractivity contribution in [2.75, 3.05) is 7.11 Å². The normalized spacial score (nSPS) is 11.5. The molecule has 0 aliphatic carbocycles. The Bertz CT molecular complexity index is 641. The first-order chi connectivity index (χ1) is 9.31. The Labute approximate surface area is 119 Å². The number of benzene rings is 1. The van der Waals surface area contributed by atoms with Gasteiger partial charge in [0.15, 0.2) is 0 Å². The molecule has 0 N–H and O–H groups in total. The summed E-state index contributed by atoms with van der Waals surface area (Å²) in [7, 11) is 1.52. The number of pyridine rings is 1. The van der Waals surface area contributed by atoms with Gasteiger partial charge in [-0.25, -0.2) is 4.98 Å². The Morgan fingerprint density at radius 3 is 2.40 bits per heavy atom. The summed E-state index contributed by atoms with van der Waals surface area (Å²) in [5.41, 5.74) is 0.707. The van der Waals surface area contributed by atoms with Crippen LogP contribution in [-0.2, 0) is 6.18 Å². The number of hydrogen-bond acceptors (Lipinski definition) is 2. The molecule has 106 valence electrons. The van der Waals surface area contributed by atoms with E-state index in [4.69, 9.17) is 16.3 Å². The van der Waals surface area contributed by atoms with Crippen molar-refractivity contribution in [3.63, 3.8) is 0 Å². The van der Waals surface area contributed by atoms with Gasteiger partial charge in [0, 0.05) is 5.56 Å². The van der Waals surface area contributed by atoms with Crippen LogP contribution in [0.1, 0.15) is 11.1 Å². The molecule has 20 heavy (non-hydrogen) atoms. The van der Waals surface area contributed by atoms with Crippen molar-refractivity contribution < 1.29 is 17.9 Å². The van der Waals surface area contributed by atoms with Gasteiger partial charge in [-0.3, -0.25) is 0 Å². The molecular weight excluding hydrogens is 291 g/mol. The van der Waals surface area contributed by atoms with E-state index in [1.165, 1.54) is 7.11 Å². The summed E-state index contributed by atoms with van der Waals surface area (Å²) < 4.78 is 43.4.